The Kier molecular flexibility index (Phi) is 7.27. The first-order valence-electron chi connectivity index (χ1n) is 12.7. The zero-order valence-electron chi connectivity index (χ0n) is 21.7. The van der Waals surface area contributed by atoms with Crippen molar-refractivity contribution in [3.63, 3.8) is 0 Å². The lowest BCUT2D eigenvalue weighted by atomic mass is 9.94. The molecule has 6 rings (SSSR count). The molecular formula is C28H24N4O6S2. The van der Waals surface area contributed by atoms with Crippen molar-refractivity contribution in [2.45, 2.75) is 43.0 Å². The topological polar surface area (TPSA) is 118 Å². The van der Waals surface area contributed by atoms with Gasteiger partial charge in [-0.2, -0.15) is 0 Å². The Morgan fingerprint density at radius 3 is 2.80 bits per heavy atom. The molecule has 2 aliphatic rings. The number of rotatable bonds is 8. The summed E-state index contributed by atoms with van der Waals surface area (Å²) in [5, 5.41) is 1.15. The second-order valence-corrected chi connectivity index (χ2v) is 10.8. The normalized spacial score (nSPS) is 16.1. The molecule has 10 nitrogen and oxygen atoms in total. The largest absolute Gasteiger partial charge is 0.463 e. The Hall–Kier alpha value is -4.16. The minimum atomic E-state index is -0.744. The third-order valence-electron chi connectivity index (χ3n) is 6.21. The van der Waals surface area contributed by atoms with Crippen LogP contribution in [0.15, 0.2) is 84.5 Å². The lowest BCUT2D eigenvalue weighted by Gasteiger charge is -2.25. The summed E-state index contributed by atoms with van der Waals surface area (Å²) < 4.78 is 24.4. The molecule has 2 aliphatic heterocycles. The van der Waals surface area contributed by atoms with E-state index in [1.165, 1.54) is 23.1 Å². The number of fused-ring (bicyclic) bond motifs is 2. The lowest BCUT2D eigenvalue weighted by Crippen LogP contribution is -2.40. The second-order valence-electron chi connectivity index (χ2n) is 8.82. The Labute approximate surface area is 236 Å². The average Bonchev–Trinajstić information content (AvgIpc) is 3.68. The van der Waals surface area contributed by atoms with Gasteiger partial charge in [-0.1, -0.05) is 30.7 Å². The number of nitrogens with zero attached hydrogens (tertiary/aromatic N) is 4. The van der Waals surface area contributed by atoms with E-state index in [-0.39, 0.29) is 19.0 Å². The molecule has 204 valence electrons. The van der Waals surface area contributed by atoms with Crippen molar-refractivity contribution in [3.8, 4) is 11.5 Å². The fraction of sp³-hybridized carbons (Fsp3) is 0.250. The van der Waals surface area contributed by atoms with Gasteiger partial charge in [-0.15, -0.1) is 0 Å². The molecule has 1 atom stereocenters. The first kappa shape index (κ1) is 26.1. The molecule has 4 aromatic rings. The molecule has 5 heterocycles. The maximum Gasteiger partial charge on any atom is 0.338 e. The van der Waals surface area contributed by atoms with Crippen LogP contribution in [0.4, 0.5) is 0 Å². The van der Waals surface area contributed by atoms with E-state index in [4.69, 9.17) is 23.6 Å². The van der Waals surface area contributed by atoms with E-state index < -0.39 is 12.0 Å². The molecule has 3 aromatic heterocycles. The fourth-order valence-electron chi connectivity index (χ4n) is 4.54. The smallest absolute Gasteiger partial charge is 0.338 e. The summed E-state index contributed by atoms with van der Waals surface area (Å²) in [5.41, 5.74) is 1.36. The fourth-order valence-corrected chi connectivity index (χ4v) is 6.22. The molecule has 0 spiro atoms. The Morgan fingerprint density at radius 2 is 2.00 bits per heavy atom. The molecule has 0 aliphatic carbocycles. The van der Waals surface area contributed by atoms with E-state index >= 15 is 0 Å². The molecule has 40 heavy (non-hydrogen) atoms. The van der Waals surface area contributed by atoms with Gasteiger partial charge in [0.15, 0.2) is 26.5 Å². The van der Waals surface area contributed by atoms with Gasteiger partial charge in [-0.05, 0) is 61.0 Å². The quantitative estimate of drug-likeness (QED) is 0.228. The van der Waals surface area contributed by atoms with Crippen LogP contribution in [0.1, 0.15) is 44.1 Å². The van der Waals surface area contributed by atoms with Crippen molar-refractivity contribution in [1.82, 2.24) is 14.5 Å². The van der Waals surface area contributed by atoms with Crippen molar-refractivity contribution in [2.24, 2.45) is 4.99 Å². The number of ether oxygens (including phenoxy) is 3. The minimum Gasteiger partial charge on any atom is -0.463 e. The third kappa shape index (κ3) is 4.95. The highest BCUT2D eigenvalue weighted by Gasteiger charge is 2.35. The molecule has 12 heteroatoms. The molecule has 0 unspecified atom stereocenters. The zero-order chi connectivity index (χ0) is 27.6. The van der Waals surface area contributed by atoms with Crippen molar-refractivity contribution in [3.05, 3.63) is 91.1 Å². The number of carbonyl (C=O) groups is 1. The summed E-state index contributed by atoms with van der Waals surface area (Å²) in [6, 6.07) is 10.0. The lowest BCUT2D eigenvalue weighted by molar-refractivity contribution is -0.139. The molecule has 0 fully saturated rings. The number of furan rings is 1. The Bertz CT molecular complexity index is 1790. The van der Waals surface area contributed by atoms with Gasteiger partial charge in [0.25, 0.3) is 5.56 Å². The highest BCUT2D eigenvalue weighted by atomic mass is 32.2. The number of benzene rings is 1. The molecule has 0 amide bonds. The zero-order valence-corrected chi connectivity index (χ0v) is 23.3. The van der Waals surface area contributed by atoms with Crippen LogP contribution < -0.4 is 24.4 Å². The first-order chi connectivity index (χ1) is 19.6. The monoisotopic (exact) mass is 576 g/mol. The average molecular weight is 577 g/mol. The van der Waals surface area contributed by atoms with Crippen LogP contribution >= 0.6 is 23.1 Å². The van der Waals surface area contributed by atoms with E-state index in [9.17, 15) is 9.59 Å². The van der Waals surface area contributed by atoms with Gasteiger partial charge in [-0.3, -0.25) is 9.36 Å². The van der Waals surface area contributed by atoms with E-state index in [1.807, 2.05) is 13.0 Å². The maximum atomic E-state index is 13.9. The third-order valence-corrected chi connectivity index (χ3v) is 8.01. The van der Waals surface area contributed by atoms with E-state index in [2.05, 4.69) is 9.97 Å². The van der Waals surface area contributed by atoms with Crippen LogP contribution in [-0.2, 0) is 9.53 Å². The predicted octanol–water partition coefficient (Wildman–Crippen LogP) is 3.84. The van der Waals surface area contributed by atoms with Crippen LogP contribution in [-0.4, -0.2) is 33.9 Å². The maximum absolute atomic E-state index is 13.9. The summed E-state index contributed by atoms with van der Waals surface area (Å²) >= 11 is 2.53. The molecule has 1 aromatic carbocycles. The van der Waals surface area contributed by atoms with Gasteiger partial charge in [0, 0.05) is 18.5 Å². The van der Waals surface area contributed by atoms with Gasteiger partial charge in [0.05, 0.1) is 28.5 Å². The minimum absolute atomic E-state index is 0.114. The molecular weight excluding hydrogens is 552 g/mol. The van der Waals surface area contributed by atoms with Crippen LogP contribution in [0.5, 0.6) is 11.5 Å². The number of esters is 1. The van der Waals surface area contributed by atoms with E-state index in [0.29, 0.717) is 60.1 Å². The van der Waals surface area contributed by atoms with Crippen LogP contribution in [0.25, 0.3) is 6.08 Å². The molecule has 0 saturated heterocycles. The van der Waals surface area contributed by atoms with Gasteiger partial charge in [0.2, 0.25) is 6.79 Å². The van der Waals surface area contributed by atoms with Crippen LogP contribution in [0.2, 0.25) is 0 Å². The number of aromatic nitrogens is 3. The summed E-state index contributed by atoms with van der Waals surface area (Å²) in [6.45, 7) is 4.08. The van der Waals surface area contributed by atoms with Crippen molar-refractivity contribution in [2.75, 3.05) is 13.4 Å². The van der Waals surface area contributed by atoms with Gasteiger partial charge < -0.3 is 18.6 Å². The van der Waals surface area contributed by atoms with Crippen molar-refractivity contribution < 1.29 is 23.4 Å². The number of carbonyl (C=O) groups excluding carboxylic acids is 1. The van der Waals surface area contributed by atoms with E-state index in [1.54, 1.807) is 60.3 Å². The molecule has 0 N–H and O–H groups in total. The van der Waals surface area contributed by atoms with Gasteiger partial charge in [0.1, 0.15) is 5.76 Å². The summed E-state index contributed by atoms with van der Waals surface area (Å²) in [7, 11) is 0. The number of thiazole rings is 1. The standard InChI is InChI=1S/C28H24N4O6S2/c1-3-6-18-23(26(34)35-4-2)24(16-7-9-19-20(13-16)37-15-36-19)32-25(33)21(39-28(32)31-18)14-17-8-10-22(38-17)40-27-29-11-5-12-30-27/h5,7-14,24H,3-4,6,15H2,1-2H3/b21-14+/t24-/m0/s1. The van der Waals surface area contributed by atoms with E-state index in [0.717, 1.165) is 6.42 Å². The number of hydrogen-bond donors (Lipinski definition) is 0. The van der Waals surface area contributed by atoms with Crippen LogP contribution in [0.3, 0.4) is 0 Å². The van der Waals surface area contributed by atoms with Crippen LogP contribution in [0, 0.1) is 0 Å². The van der Waals surface area contributed by atoms with Crippen molar-refractivity contribution >= 4 is 35.1 Å². The number of hydrogen-bond acceptors (Lipinski definition) is 11. The summed E-state index contributed by atoms with van der Waals surface area (Å²) in [4.78, 5) is 40.9. The molecule has 0 radical (unpaired) electrons. The first-order valence-corrected chi connectivity index (χ1v) is 14.3. The summed E-state index contributed by atoms with van der Waals surface area (Å²) in [5.74, 6) is 1.17. The Morgan fingerprint density at radius 1 is 1.18 bits per heavy atom. The van der Waals surface area contributed by atoms with Gasteiger partial charge >= 0.3 is 5.97 Å². The predicted molar refractivity (Wildman–Crippen MR) is 147 cm³/mol. The second kappa shape index (κ2) is 11.1. The highest BCUT2D eigenvalue weighted by Crippen LogP contribution is 2.39. The van der Waals surface area contributed by atoms with Crippen molar-refractivity contribution in [1.29, 1.82) is 0 Å². The molecule has 0 bridgehead atoms. The molecule has 0 saturated carbocycles. The Balaban J connectivity index is 1.47. The number of allylic oxidation sites excluding steroid dienone is 1. The SMILES string of the molecule is CCCC1=C(C(=O)OCC)[C@H](c2ccc3c(c2)OCO3)n2c(s/c(=C/c3ccc(Sc4ncccn4)o3)c2=O)=N1. The van der Waals surface area contributed by atoms with Gasteiger partial charge in [-0.25, -0.2) is 19.8 Å². The highest BCUT2D eigenvalue weighted by molar-refractivity contribution is 7.99. The summed E-state index contributed by atoms with van der Waals surface area (Å²) in [6.07, 6.45) is 6.33.